The average molecular weight is 195 g/mol. The predicted octanol–water partition coefficient (Wildman–Crippen LogP) is 2.20. The molecule has 0 bridgehead atoms. The highest BCUT2D eigenvalue weighted by molar-refractivity contribution is 5.27. The zero-order chi connectivity index (χ0) is 10.6. The monoisotopic (exact) mass is 195 g/mol. The summed E-state index contributed by atoms with van der Waals surface area (Å²) in [5.41, 5.74) is 1.84. The van der Waals surface area contributed by atoms with E-state index in [9.17, 15) is 4.39 Å². The predicted molar refractivity (Wildman–Crippen MR) is 54.6 cm³/mol. The minimum atomic E-state index is -0.584. The third-order valence-corrected chi connectivity index (χ3v) is 1.77. The fourth-order valence-corrected chi connectivity index (χ4v) is 1.08. The molecule has 1 aromatic carbocycles. The summed E-state index contributed by atoms with van der Waals surface area (Å²) in [5.74, 6) is -0.895. The molecule has 1 rings (SSSR count). The van der Waals surface area contributed by atoms with Gasteiger partial charge in [0.2, 0.25) is 0 Å². The molecule has 0 aliphatic heterocycles. The Hall–Kier alpha value is -1.35. The molecule has 14 heavy (non-hydrogen) atoms. The molecular weight excluding hydrogens is 181 g/mol. The highest BCUT2D eigenvalue weighted by Gasteiger charge is 2.00. The molecule has 0 atom stereocenters. The van der Waals surface area contributed by atoms with Gasteiger partial charge in [0, 0.05) is 13.1 Å². The highest BCUT2D eigenvalue weighted by Crippen LogP contribution is 2.15. The summed E-state index contributed by atoms with van der Waals surface area (Å²) in [4.78, 5) is 0. The van der Waals surface area contributed by atoms with Crippen LogP contribution in [0.4, 0.5) is 4.39 Å². The minimum absolute atomic E-state index is 0.311. The average Bonchev–Trinajstić information content (AvgIpc) is 2.10. The molecule has 2 N–H and O–H groups in total. The summed E-state index contributed by atoms with van der Waals surface area (Å²) < 4.78 is 12.9. The minimum Gasteiger partial charge on any atom is -0.505 e. The number of phenols is 1. The van der Waals surface area contributed by atoms with Gasteiger partial charge in [0.25, 0.3) is 0 Å². The maximum absolute atomic E-state index is 12.9. The van der Waals surface area contributed by atoms with E-state index in [0.29, 0.717) is 13.1 Å². The van der Waals surface area contributed by atoms with Gasteiger partial charge in [-0.1, -0.05) is 18.2 Å². The van der Waals surface area contributed by atoms with Gasteiger partial charge in [-0.2, -0.15) is 0 Å². The van der Waals surface area contributed by atoms with Gasteiger partial charge in [-0.3, -0.25) is 0 Å². The Morgan fingerprint density at radius 2 is 2.29 bits per heavy atom. The van der Waals surface area contributed by atoms with Crippen LogP contribution in [0, 0.1) is 5.82 Å². The van der Waals surface area contributed by atoms with E-state index >= 15 is 0 Å². The van der Waals surface area contributed by atoms with Crippen LogP contribution in [0.5, 0.6) is 5.75 Å². The van der Waals surface area contributed by atoms with E-state index in [2.05, 4.69) is 11.9 Å². The first-order chi connectivity index (χ1) is 6.59. The molecule has 0 saturated carbocycles. The van der Waals surface area contributed by atoms with Crippen LogP contribution in [0.25, 0.3) is 0 Å². The lowest BCUT2D eigenvalue weighted by atomic mass is 10.2. The molecule has 0 spiro atoms. The van der Waals surface area contributed by atoms with Gasteiger partial charge in [0.15, 0.2) is 11.6 Å². The largest absolute Gasteiger partial charge is 0.505 e. The first kappa shape index (κ1) is 10.7. The quantitative estimate of drug-likeness (QED) is 0.722. The Bertz CT molecular complexity index is 336. The number of hydrogen-bond acceptors (Lipinski definition) is 2. The lowest BCUT2D eigenvalue weighted by Gasteiger charge is -2.04. The van der Waals surface area contributed by atoms with E-state index in [1.54, 1.807) is 6.07 Å². The highest BCUT2D eigenvalue weighted by atomic mass is 19.1. The van der Waals surface area contributed by atoms with Crippen molar-refractivity contribution >= 4 is 0 Å². The first-order valence-electron chi connectivity index (χ1n) is 4.42. The lowest BCUT2D eigenvalue weighted by molar-refractivity contribution is 0.431. The summed E-state index contributed by atoms with van der Waals surface area (Å²) in [7, 11) is 0. The van der Waals surface area contributed by atoms with Crippen molar-refractivity contribution in [1.82, 2.24) is 5.32 Å². The fourth-order valence-electron chi connectivity index (χ4n) is 1.08. The smallest absolute Gasteiger partial charge is 0.165 e. The Balaban J connectivity index is 2.51. The van der Waals surface area contributed by atoms with E-state index in [1.807, 2.05) is 6.92 Å². The van der Waals surface area contributed by atoms with Crippen molar-refractivity contribution in [1.29, 1.82) is 0 Å². The topological polar surface area (TPSA) is 32.3 Å². The van der Waals surface area contributed by atoms with Crippen LogP contribution in [-0.2, 0) is 6.54 Å². The van der Waals surface area contributed by atoms with Gasteiger partial charge in [0.1, 0.15) is 0 Å². The van der Waals surface area contributed by atoms with Crippen LogP contribution in [0.2, 0.25) is 0 Å². The zero-order valence-electron chi connectivity index (χ0n) is 8.18. The number of hydrogen-bond donors (Lipinski definition) is 2. The molecule has 0 aliphatic carbocycles. The van der Waals surface area contributed by atoms with Crippen LogP contribution in [-0.4, -0.2) is 11.7 Å². The maximum Gasteiger partial charge on any atom is 0.165 e. The van der Waals surface area contributed by atoms with Crippen LogP contribution in [0.3, 0.4) is 0 Å². The molecule has 0 aromatic heterocycles. The second kappa shape index (κ2) is 4.77. The SMILES string of the molecule is C=C(C)CNCc1ccc(O)c(F)c1. The summed E-state index contributed by atoms with van der Waals surface area (Å²) in [6.07, 6.45) is 0. The van der Waals surface area contributed by atoms with E-state index in [4.69, 9.17) is 5.11 Å². The molecule has 0 saturated heterocycles. The summed E-state index contributed by atoms with van der Waals surface area (Å²) in [5, 5.41) is 12.0. The Morgan fingerprint density at radius 1 is 1.57 bits per heavy atom. The van der Waals surface area contributed by atoms with Crippen LogP contribution >= 0.6 is 0 Å². The molecule has 1 aromatic rings. The number of benzene rings is 1. The van der Waals surface area contributed by atoms with Crippen molar-refractivity contribution in [2.75, 3.05) is 6.54 Å². The van der Waals surface area contributed by atoms with Crippen LogP contribution < -0.4 is 5.32 Å². The van der Waals surface area contributed by atoms with Gasteiger partial charge in [-0.25, -0.2) is 4.39 Å². The molecule has 2 nitrogen and oxygen atoms in total. The summed E-state index contributed by atoms with van der Waals surface area (Å²) in [6, 6.07) is 4.36. The van der Waals surface area contributed by atoms with Crippen LogP contribution in [0.15, 0.2) is 30.4 Å². The standard InChI is InChI=1S/C11H14FNO/c1-8(2)6-13-7-9-3-4-11(14)10(12)5-9/h3-5,13-14H,1,6-7H2,2H3. The van der Waals surface area contributed by atoms with Crippen molar-refractivity contribution in [2.45, 2.75) is 13.5 Å². The molecule has 0 radical (unpaired) electrons. The van der Waals surface area contributed by atoms with Gasteiger partial charge in [-0.05, 0) is 24.6 Å². The van der Waals surface area contributed by atoms with Gasteiger partial charge in [0.05, 0.1) is 0 Å². The van der Waals surface area contributed by atoms with Gasteiger partial charge in [-0.15, -0.1) is 0 Å². The molecule has 3 heteroatoms. The number of halogens is 1. The lowest BCUT2D eigenvalue weighted by Crippen LogP contribution is -2.15. The van der Waals surface area contributed by atoms with E-state index in [0.717, 1.165) is 11.1 Å². The van der Waals surface area contributed by atoms with Gasteiger partial charge < -0.3 is 10.4 Å². The molecule has 0 fully saturated rings. The zero-order valence-corrected chi connectivity index (χ0v) is 8.18. The Kier molecular flexibility index (Phi) is 3.65. The molecular formula is C11H14FNO. The van der Waals surface area contributed by atoms with E-state index in [1.165, 1.54) is 12.1 Å². The van der Waals surface area contributed by atoms with Crippen molar-refractivity contribution in [3.05, 3.63) is 41.7 Å². The van der Waals surface area contributed by atoms with Crippen molar-refractivity contribution in [2.24, 2.45) is 0 Å². The Labute approximate surface area is 83.1 Å². The maximum atomic E-state index is 12.9. The normalized spacial score (nSPS) is 10.1. The number of aromatic hydroxyl groups is 1. The fraction of sp³-hybridized carbons (Fsp3) is 0.273. The number of nitrogens with one attached hydrogen (secondary N) is 1. The molecule has 0 aliphatic rings. The molecule has 0 amide bonds. The third kappa shape index (κ3) is 3.18. The summed E-state index contributed by atoms with van der Waals surface area (Å²) in [6.45, 7) is 6.95. The third-order valence-electron chi connectivity index (χ3n) is 1.77. The van der Waals surface area contributed by atoms with E-state index < -0.39 is 5.82 Å². The second-order valence-electron chi connectivity index (χ2n) is 3.35. The first-order valence-corrected chi connectivity index (χ1v) is 4.42. The molecule has 0 heterocycles. The second-order valence-corrected chi connectivity index (χ2v) is 3.35. The number of phenolic OH excluding ortho intramolecular Hbond substituents is 1. The number of rotatable bonds is 4. The van der Waals surface area contributed by atoms with Gasteiger partial charge >= 0.3 is 0 Å². The van der Waals surface area contributed by atoms with Crippen LogP contribution in [0.1, 0.15) is 12.5 Å². The van der Waals surface area contributed by atoms with E-state index in [-0.39, 0.29) is 5.75 Å². The molecule has 76 valence electrons. The van der Waals surface area contributed by atoms with Crippen molar-refractivity contribution in [3.63, 3.8) is 0 Å². The van der Waals surface area contributed by atoms with Crippen molar-refractivity contribution < 1.29 is 9.50 Å². The molecule has 0 unspecified atom stereocenters. The summed E-state index contributed by atoms with van der Waals surface area (Å²) >= 11 is 0. The Morgan fingerprint density at radius 3 is 2.86 bits per heavy atom. The van der Waals surface area contributed by atoms with Crippen molar-refractivity contribution in [3.8, 4) is 5.75 Å².